The highest BCUT2D eigenvalue weighted by molar-refractivity contribution is 6.33. The highest BCUT2D eigenvalue weighted by Crippen LogP contribution is 2.20. The Kier molecular flexibility index (Phi) is 4.92. The zero-order valence-corrected chi connectivity index (χ0v) is 12.2. The number of carbonyl (C=O) groups is 1. The van der Waals surface area contributed by atoms with Gasteiger partial charge in [-0.05, 0) is 13.3 Å². The van der Waals surface area contributed by atoms with Crippen LogP contribution in [0.25, 0.3) is 11.2 Å². The number of imidazole rings is 1. The molecule has 0 fully saturated rings. The number of anilines is 1. The number of aliphatic hydroxyl groups excluding tert-OH is 1. The molecule has 0 spiro atoms. The second-order valence-electron chi connectivity index (χ2n) is 4.40. The van der Waals surface area contributed by atoms with Crippen molar-refractivity contribution in [1.82, 2.24) is 19.5 Å². The summed E-state index contributed by atoms with van der Waals surface area (Å²) in [5.41, 5.74) is 6.50. The Balaban J connectivity index is 2.15. The topological polar surface area (TPSA) is 116 Å². The fraction of sp³-hybridized carbons (Fsp3) is 0.500. The molecule has 0 aliphatic heterocycles. The lowest BCUT2D eigenvalue weighted by atomic mass is 10.1. The summed E-state index contributed by atoms with van der Waals surface area (Å²) >= 11 is 5.94. The second-order valence-corrected chi connectivity index (χ2v) is 4.76. The van der Waals surface area contributed by atoms with Gasteiger partial charge in [0.15, 0.2) is 10.8 Å². The van der Waals surface area contributed by atoms with Gasteiger partial charge in [0, 0.05) is 6.54 Å². The molecule has 0 radical (unpaired) electrons. The predicted molar refractivity (Wildman–Crippen MR) is 76.6 cm³/mol. The maximum atomic E-state index is 11.6. The summed E-state index contributed by atoms with van der Waals surface area (Å²) in [6.07, 6.45) is 1.94. The van der Waals surface area contributed by atoms with Gasteiger partial charge in [0.2, 0.25) is 5.95 Å². The lowest BCUT2D eigenvalue weighted by Gasteiger charge is -2.13. The SMILES string of the molecule is CCOC(=O)C(CO)CCn1cnc2c(Cl)nc(N)nc21. The number of nitrogen functional groups attached to an aromatic ring is 1. The number of carbonyl (C=O) groups excluding carboxylic acids is 1. The first-order chi connectivity index (χ1) is 10.1. The van der Waals surface area contributed by atoms with Gasteiger partial charge in [-0.1, -0.05) is 11.6 Å². The highest BCUT2D eigenvalue weighted by Gasteiger charge is 2.19. The molecule has 0 aliphatic rings. The lowest BCUT2D eigenvalue weighted by Crippen LogP contribution is -2.22. The van der Waals surface area contributed by atoms with E-state index in [9.17, 15) is 9.90 Å². The number of hydrogen-bond acceptors (Lipinski definition) is 7. The molecule has 21 heavy (non-hydrogen) atoms. The monoisotopic (exact) mass is 313 g/mol. The standard InChI is InChI=1S/C12H16ClN5O3/c1-2-21-11(20)7(5-19)3-4-18-6-15-8-9(13)16-12(14)17-10(8)18/h6-7,19H,2-5H2,1H3,(H2,14,16,17). The van der Waals surface area contributed by atoms with Crippen molar-refractivity contribution in [2.24, 2.45) is 5.92 Å². The summed E-state index contributed by atoms with van der Waals surface area (Å²) in [4.78, 5) is 23.7. The molecular weight excluding hydrogens is 298 g/mol. The minimum absolute atomic E-state index is 0.0540. The second kappa shape index (κ2) is 6.68. The number of ether oxygens (including phenoxy) is 1. The Morgan fingerprint density at radius 1 is 1.57 bits per heavy atom. The van der Waals surface area contributed by atoms with Gasteiger partial charge < -0.3 is 20.1 Å². The summed E-state index contributed by atoms with van der Waals surface area (Å²) in [5.74, 6) is -0.952. The minimum Gasteiger partial charge on any atom is -0.466 e. The van der Waals surface area contributed by atoms with Crippen molar-refractivity contribution >= 4 is 34.7 Å². The first kappa shape index (κ1) is 15.5. The summed E-state index contributed by atoms with van der Waals surface area (Å²) in [5, 5.41) is 9.44. The Morgan fingerprint density at radius 3 is 3.00 bits per heavy atom. The molecular formula is C12H16ClN5O3. The van der Waals surface area contributed by atoms with Crippen LogP contribution in [0.3, 0.4) is 0 Å². The van der Waals surface area contributed by atoms with Crippen LogP contribution in [-0.2, 0) is 16.1 Å². The van der Waals surface area contributed by atoms with Crippen LogP contribution in [0.2, 0.25) is 5.15 Å². The molecule has 0 bridgehead atoms. The van der Waals surface area contributed by atoms with Crippen LogP contribution in [0.5, 0.6) is 0 Å². The fourth-order valence-electron chi connectivity index (χ4n) is 1.93. The number of aryl methyl sites for hydroxylation is 1. The van der Waals surface area contributed by atoms with E-state index in [1.807, 2.05) is 0 Å². The summed E-state index contributed by atoms with van der Waals surface area (Å²) < 4.78 is 6.61. The van der Waals surface area contributed by atoms with Crippen molar-refractivity contribution in [2.45, 2.75) is 19.9 Å². The van der Waals surface area contributed by atoms with Gasteiger partial charge in [0.1, 0.15) is 5.52 Å². The average molecular weight is 314 g/mol. The van der Waals surface area contributed by atoms with E-state index in [-0.39, 0.29) is 24.3 Å². The summed E-state index contributed by atoms with van der Waals surface area (Å²) in [7, 11) is 0. The van der Waals surface area contributed by atoms with Gasteiger partial charge in [-0.15, -0.1) is 0 Å². The van der Waals surface area contributed by atoms with E-state index in [0.717, 1.165) is 0 Å². The maximum Gasteiger partial charge on any atom is 0.311 e. The van der Waals surface area contributed by atoms with Crippen LogP contribution in [0.4, 0.5) is 5.95 Å². The molecule has 1 unspecified atom stereocenters. The molecule has 0 saturated heterocycles. The zero-order chi connectivity index (χ0) is 15.4. The Bertz CT molecular complexity index is 645. The van der Waals surface area contributed by atoms with Crippen LogP contribution < -0.4 is 5.73 Å². The minimum atomic E-state index is -0.586. The number of nitrogens with zero attached hydrogens (tertiary/aromatic N) is 4. The number of nitrogens with two attached hydrogens (primary N) is 1. The van der Waals surface area contributed by atoms with Crippen molar-refractivity contribution in [3.63, 3.8) is 0 Å². The molecule has 0 aliphatic carbocycles. The third-order valence-corrected chi connectivity index (χ3v) is 3.26. The summed E-state index contributed by atoms with van der Waals surface area (Å²) in [6, 6.07) is 0. The van der Waals surface area contributed by atoms with Gasteiger partial charge in [-0.3, -0.25) is 4.79 Å². The van der Waals surface area contributed by atoms with Crippen LogP contribution in [-0.4, -0.2) is 43.8 Å². The predicted octanol–water partition coefficient (Wildman–Crippen LogP) is 0.624. The van der Waals surface area contributed by atoms with E-state index in [4.69, 9.17) is 22.1 Å². The molecule has 2 aromatic rings. The number of aliphatic hydroxyl groups is 1. The van der Waals surface area contributed by atoms with Gasteiger partial charge in [0.25, 0.3) is 0 Å². The normalized spacial score (nSPS) is 12.5. The fourth-order valence-corrected chi connectivity index (χ4v) is 2.15. The van der Waals surface area contributed by atoms with E-state index in [1.54, 1.807) is 17.8 Å². The van der Waals surface area contributed by atoms with Crippen molar-refractivity contribution in [3.05, 3.63) is 11.5 Å². The van der Waals surface area contributed by atoms with Crippen molar-refractivity contribution in [2.75, 3.05) is 18.9 Å². The molecule has 3 N–H and O–H groups in total. The molecule has 114 valence electrons. The Morgan fingerprint density at radius 2 is 2.33 bits per heavy atom. The number of hydrogen-bond donors (Lipinski definition) is 2. The quantitative estimate of drug-likeness (QED) is 0.593. The van der Waals surface area contributed by atoms with Gasteiger partial charge in [-0.2, -0.15) is 9.97 Å². The Hall–Kier alpha value is -1.93. The van der Waals surface area contributed by atoms with E-state index >= 15 is 0 Å². The van der Waals surface area contributed by atoms with Crippen LogP contribution in [0, 0.1) is 5.92 Å². The molecule has 1 atom stereocenters. The van der Waals surface area contributed by atoms with Gasteiger partial charge in [-0.25, -0.2) is 4.98 Å². The number of halogens is 1. The smallest absolute Gasteiger partial charge is 0.311 e. The largest absolute Gasteiger partial charge is 0.466 e. The molecule has 0 amide bonds. The molecule has 0 saturated carbocycles. The van der Waals surface area contributed by atoms with Crippen LogP contribution >= 0.6 is 11.6 Å². The van der Waals surface area contributed by atoms with Crippen molar-refractivity contribution < 1.29 is 14.6 Å². The first-order valence-corrected chi connectivity index (χ1v) is 6.86. The van der Waals surface area contributed by atoms with Crippen LogP contribution in [0.1, 0.15) is 13.3 Å². The molecule has 2 heterocycles. The van der Waals surface area contributed by atoms with E-state index in [1.165, 1.54) is 0 Å². The molecule has 2 aromatic heterocycles. The lowest BCUT2D eigenvalue weighted by molar-refractivity contribution is -0.149. The zero-order valence-electron chi connectivity index (χ0n) is 11.5. The number of fused-ring (bicyclic) bond motifs is 1. The van der Waals surface area contributed by atoms with Crippen molar-refractivity contribution in [3.8, 4) is 0 Å². The molecule has 0 aromatic carbocycles. The number of esters is 1. The van der Waals surface area contributed by atoms with E-state index < -0.39 is 11.9 Å². The van der Waals surface area contributed by atoms with Gasteiger partial charge >= 0.3 is 5.97 Å². The average Bonchev–Trinajstić information content (AvgIpc) is 2.83. The Labute approximate surface area is 125 Å². The molecule has 9 heteroatoms. The molecule has 8 nitrogen and oxygen atoms in total. The van der Waals surface area contributed by atoms with Crippen molar-refractivity contribution in [1.29, 1.82) is 0 Å². The summed E-state index contributed by atoms with van der Waals surface area (Å²) in [6.45, 7) is 2.15. The third-order valence-electron chi connectivity index (χ3n) is 3.00. The van der Waals surface area contributed by atoms with Crippen LogP contribution in [0.15, 0.2) is 6.33 Å². The maximum absolute atomic E-state index is 11.6. The van der Waals surface area contributed by atoms with E-state index in [2.05, 4.69) is 15.0 Å². The number of rotatable bonds is 6. The molecule has 2 rings (SSSR count). The highest BCUT2D eigenvalue weighted by atomic mass is 35.5. The van der Waals surface area contributed by atoms with E-state index in [0.29, 0.717) is 24.1 Å². The number of aromatic nitrogens is 4. The third kappa shape index (κ3) is 3.40. The first-order valence-electron chi connectivity index (χ1n) is 6.48. The van der Waals surface area contributed by atoms with Gasteiger partial charge in [0.05, 0.1) is 25.5 Å².